The van der Waals surface area contributed by atoms with Crippen LogP contribution in [0.25, 0.3) is 0 Å². The van der Waals surface area contributed by atoms with E-state index in [4.69, 9.17) is 5.11 Å². The smallest absolute Gasteiger partial charge is 0.109 e. The number of aromatic nitrogens is 2. The summed E-state index contributed by atoms with van der Waals surface area (Å²) in [6, 6.07) is 0.701. The largest absolute Gasteiger partial charge is 0.395 e. The maximum Gasteiger partial charge on any atom is 0.109 e. The fourth-order valence-electron chi connectivity index (χ4n) is 2.24. The highest BCUT2D eigenvalue weighted by Gasteiger charge is 2.24. The quantitative estimate of drug-likeness (QED) is 0.776. The molecule has 1 heterocycles. The lowest BCUT2D eigenvalue weighted by molar-refractivity contribution is 0.102. The van der Waals surface area contributed by atoms with Crippen molar-refractivity contribution in [1.29, 1.82) is 0 Å². The van der Waals surface area contributed by atoms with Crippen molar-refractivity contribution < 1.29 is 5.11 Å². The second kappa shape index (κ2) is 5.46. The molecule has 1 fully saturated rings. The first-order valence-corrected chi connectivity index (χ1v) is 6.12. The number of hydrogen-bond acceptors (Lipinski definition) is 3. The Labute approximate surface area is 96.9 Å². The molecule has 1 N–H and O–H groups in total. The lowest BCUT2D eigenvalue weighted by Gasteiger charge is -2.37. The van der Waals surface area contributed by atoms with Gasteiger partial charge in [0.1, 0.15) is 5.82 Å². The average Bonchev–Trinajstić information content (AvgIpc) is 2.58. The predicted molar refractivity (Wildman–Crippen MR) is 63.2 cm³/mol. The summed E-state index contributed by atoms with van der Waals surface area (Å²) in [4.78, 5) is 6.73. The maximum absolute atomic E-state index is 9.05. The van der Waals surface area contributed by atoms with E-state index in [2.05, 4.69) is 14.5 Å². The Kier molecular flexibility index (Phi) is 3.96. The van der Waals surface area contributed by atoms with Crippen LogP contribution in [0, 0.1) is 0 Å². The summed E-state index contributed by atoms with van der Waals surface area (Å²) in [6.07, 6.45) is 8.72. The molecule has 0 saturated heterocycles. The molecule has 0 aliphatic heterocycles. The van der Waals surface area contributed by atoms with E-state index >= 15 is 0 Å². The molecule has 2 rings (SSSR count). The lowest BCUT2D eigenvalue weighted by Crippen LogP contribution is -2.43. The van der Waals surface area contributed by atoms with Gasteiger partial charge in [0, 0.05) is 45.0 Å². The molecule has 0 radical (unpaired) electrons. The summed E-state index contributed by atoms with van der Waals surface area (Å²) < 4.78 is 2.07. The van der Waals surface area contributed by atoms with E-state index in [1.807, 2.05) is 19.4 Å². The van der Waals surface area contributed by atoms with Crippen LogP contribution in [-0.2, 0) is 13.5 Å². The highest BCUT2D eigenvalue weighted by Crippen LogP contribution is 2.24. The summed E-state index contributed by atoms with van der Waals surface area (Å²) >= 11 is 0. The van der Waals surface area contributed by atoms with Crippen LogP contribution in [0.1, 0.15) is 25.1 Å². The van der Waals surface area contributed by atoms with Crippen LogP contribution < -0.4 is 0 Å². The summed E-state index contributed by atoms with van der Waals surface area (Å²) in [6.45, 7) is 2.07. The van der Waals surface area contributed by atoms with E-state index < -0.39 is 0 Å². The fourth-order valence-corrected chi connectivity index (χ4v) is 2.24. The molecule has 1 aliphatic carbocycles. The summed E-state index contributed by atoms with van der Waals surface area (Å²) in [5.41, 5.74) is 0. The van der Waals surface area contributed by atoms with Crippen LogP contribution in [0.15, 0.2) is 12.4 Å². The Hall–Kier alpha value is -0.870. The number of aryl methyl sites for hydroxylation is 1. The molecule has 0 spiro atoms. The van der Waals surface area contributed by atoms with Gasteiger partial charge in [-0.15, -0.1) is 0 Å². The molecule has 4 heteroatoms. The SMILES string of the molecule is Cn1ccnc1CCN(CCO)C1CCC1. The monoisotopic (exact) mass is 223 g/mol. The molecule has 0 atom stereocenters. The minimum Gasteiger partial charge on any atom is -0.395 e. The number of hydrogen-bond donors (Lipinski definition) is 1. The summed E-state index contributed by atoms with van der Waals surface area (Å²) in [5.74, 6) is 1.13. The third-order valence-electron chi connectivity index (χ3n) is 3.52. The van der Waals surface area contributed by atoms with Crippen molar-refractivity contribution in [2.24, 2.45) is 7.05 Å². The van der Waals surface area contributed by atoms with Crippen LogP contribution in [0.4, 0.5) is 0 Å². The first-order chi connectivity index (χ1) is 7.81. The van der Waals surface area contributed by atoms with Crippen LogP contribution >= 0.6 is 0 Å². The topological polar surface area (TPSA) is 41.3 Å². The molecule has 0 amide bonds. The molecule has 0 aromatic carbocycles. The highest BCUT2D eigenvalue weighted by molar-refractivity contribution is 4.92. The molecule has 0 unspecified atom stereocenters. The van der Waals surface area contributed by atoms with Gasteiger partial charge in [-0.25, -0.2) is 4.98 Å². The van der Waals surface area contributed by atoms with Gasteiger partial charge in [0.15, 0.2) is 0 Å². The zero-order valence-corrected chi connectivity index (χ0v) is 9.97. The minimum atomic E-state index is 0.261. The maximum atomic E-state index is 9.05. The first kappa shape index (κ1) is 11.6. The first-order valence-electron chi connectivity index (χ1n) is 6.12. The number of aliphatic hydroxyl groups excluding tert-OH is 1. The zero-order valence-electron chi connectivity index (χ0n) is 9.97. The van der Waals surface area contributed by atoms with Crippen LogP contribution in [0.5, 0.6) is 0 Å². The molecule has 0 bridgehead atoms. The van der Waals surface area contributed by atoms with Gasteiger partial charge in [0.25, 0.3) is 0 Å². The molecule has 1 saturated carbocycles. The van der Waals surface area contributed by atoms with E-state index in [9.17, 15) is 0 Å². The molecular formula is C12H21N3O. The lowest BCUT2D eigenvalue weighted by atomic mass is 9.91. The van der Waals surface area contributed by atoms with Crippen LogP contribution in [0.3, 0.4) is 0 Å². The van der Waals surface area contributed by atoms with Crippen LogP contribution in [0.2, 0.25) is 0 Å². The van der Waals surface area contributed by atoms with E-state index in [0.717, 1.165) is 25.3 Å². The van der Waals surface area contributed by atoms with E-state index in [1.54, 1.807) is 0 Å². The molecule has 1 aliphatic rings. The fraction of sp³-hybridized carbons (Fsp3) is 0.750. The molecule has 16 heavy (non-hydrogen) atoms. The van der Waals surface area contributed by atoms with E-state index in [0.29, 0.717) is 6.04 Å². The Balaban J connectivity index is 1.83. The van der Waals surface area contributed by atoms with Gasteiger partial charge >= 0.3 is 0 Å². The van der Waals surface area contributed by atoms with Gasteiger partial charge in [-0.2, -0.15) is 0 Å². The molecule has 90 valence electrons. The zero-order chi connectivity index (χ0) is 11.4. The molecule has 1 aromatic heterocycles. The van der Waals surface area contributed by atoms with Gasteiger partial charge in [-0.05, 0) is 12.8 Å². The van der Waals surface area contributed by atoms with Crippen molar-refractivity contribution in [2.45, 2.75) is 31.7 Å². The second-order valence-corrected chi connectivity index (χ2v) is 4.55. The molecular weight excluding hydrogens is 202 g/mol. The van der Waals surface area contributed by atoms with Crippen molar-refractivity contribution in [2.75, 3.05) is 19.7 Å². The van der Waals surface area contributed by atoms with Gasteiger partial charge < -0.3 is 9.67 Å². The number of nitrogens with zero attached hydrogens (tertiary/aromatic N) is 3. The van der Waals surface area contributed by atoms with Gasteiger partial charge in [-0.1, -0.05) is 6.42 Å². The second-order valence-electron chi connectivity index (χ2n) is 4.55. The third-order valence-corrected chi connectivity index (χ3v) is 3.52. The predicted octanol–water partition coefficient (Wildman–Crippen LogP) is 0.809. The van der Waals surface area contributed by atoms with Crippen molar-refractivity contribution >= 4 is 0 Å². The Morgan fingerprint density at radius 1 is 1.50 bits per heavy atom. The Morgan fingerprint density at radius 2 is 2.31 bits per heavy atom. The molecule has 1 aromatic rings. The number of imidazole rings is 1. The van der Waals surface area contributed by atoms with Gasteiger partial charge in [0.2, 0.25) is 0 Å². The minimum absolute atomic E-state index is 0.261. The highest BCUT2D eigenvalue weighted by atomic mass is 16.3. The summed E-state index contributed by atoms with van der Waals surface area (Å²) in [7, 11) is 2.03. The van der Waals surface area contributed by atoms with Gasteiger partial charge in [0.05, 0.1) is 6.61 Å². The average molecular weight is 223 g/mol. The Bertz CT molecular complexity index is 320. The number of rotatable bonds is 6. The van der Waals surface area contributed by atoms with Crippen molar-refractivity contribution in [3.63, 3.8) is 0 Å². The van der Waals surface area contributed by atoms with Crippen LogP contribution in [-0.4, -0.2) is 45.3 Å². The Morgan fingerprint density at radius 3 is 2.81 bits per heavy atom. The van der Waals surface area contributed by atoms with Crippen molar-refractivity contribution in [3.05, 3.63) is 18.2 Å². The number of aliphatic hydroxyl groups is 1. The third kappa shape index (κ3) is 2.62. The van der Waals surface area contributed by atoms with E-state index in [1.165, 1.54) is 19.3 Å². The van der Waals surface area contributed by atoms with Crippen molar-refractivity contribution in [1.82, 2.24) is 14.5 Å². The summed E-state index contributed by atoms with van der Waals surface area (Å²) in [5, 5.41) is 9.05. The normalized spacial score (nSPS) is 16.7. The standard InChI is InChI=1S/C12H21N3O/c1-14-8-6-13-12(14)5-7-15(9-10-16)11-3-2-4-11/h6,8,11,16H,2-5,7,9-10H2,1H3. The van der Waals surface area contributed by atoms with Gasteiger partial charge in [-0.3, -0.25) is 4.90 Å². The molecule has 4 nitrogen and oxygen atoms in total. The van der Waals surface area contributed by atoms with Crippen molar-refractivity contribution in [3.8, 4) is 0 Å². The van der Waals surface area contributed by atoms with E-state index in [-0.39, 0.29) is 6.61 Å².